The van der Waals surface area contributed by atoms with Gasteiger partial charge in [-0.1, -0.05) is 24.2 Å². The lowest BCUT2D eigenvalue weighted by molar-refractivity contribution is 0.0945. The third-order valence-corrected chi connectivity index (χ3v) is 4.66. The zero-order valence-corrected chi connectivity index (χ0v) is 13.2. The Morgan fingerprint density at radius 3 is 2.76 bits per heavy atom. The number of anilines is 2. The van der Waals surface area contributed by atoms with Crippen LogP contribution in [-0.2, 0) is 0 Å². The highest BCUT2D eigenvalue weighted by Gasteiger charge is 2.21. The summed E-state index contributed by atoms with van der Waals surface area (Å²) in [6.45, 7) is 3.85. The van der Waals surface area contributed by atoms with Crippen LogP contribution in [0.25, 0.3) is 0 Å². The Hall–Kier alpha value is -1.74. The number of thiazole rings is 1. The fourth-order valence-corrected chi connectivity index (χ4v) is 3.34. The minimum Gasteiger partial charge on any atom is -0.382 e. The summed E-state index contributed by atoms with van der Waals surface area (Å²) in [5, 5.41) is 3.71. The van der Waals surface area contributed by atoms with E-state index in [9.17, 15) is 4.79 Å². The Kier molecular flexibility index (Phi) is 5.45. The molecule has 1 amide bonds. The predicted octanol–water partition coefficient (Wildman–Crippen LogP) is 2.25. The average Bonchev–Trinajstić information content (AvgIpc) is 2.66. The molecule has 1 aliphatic rings. The molecule has 2 heterocycles. The molecule has 0 aromatic carbocycles. The molecule has 2 rings (SSSR count). The predicted molar refractivity (Wildman–Crippen MR) is 87.6 cm³/mol. The Morgan fingerprint density at radius 2 is 2.14 bits per heavy atom. The topological polar surface area (TPSA) is 71.2 Å². The number of nitrogens with zero attached hydrogens (tertiary/aromatic N) is 2. The number of amides is 1. The van der Waals surface area contributed by atoms with Gasteiger partial charge in [-0.05, 0) is 19.8 Å². The van der Waals surface area contributed by atoms with Gasteiger partial charge in [0.2, 0.25) is 0 Å². The Bertz CT molecular complexity index is 526. The van der Waals surface area contributed by atoms with E-state index in [1.165, 1.54) is 37.0 Å². The number of nitrogen functional groups attached to an aromatic ring is 1. The Labute approximate surface area is 129 Å². The van der Waals surface area contributed by atoms with E-state index in [1.807, 2.05) is 6.92 Å². The van der Waals surface area contributed by atoms with Gasteiger partial charge in [0.05, 0.1) is 0 Å². The molecule has 5 nitrogen and oxygen atoms in total. The molecule has 21 heavy (non-hydrogen) atoms. The van der Waals surface area contributed by atoms with Crippen molar-refractivity contribution < 1.29 is 4.79 Å². The van der Waals surface area contributed by atoms with Crippen molar-refractivity contribution in [2.45, 2.75) is 45.1 Å². The monoisotopic (exact) mass is 306 g/mol. The summed E-state index contributed by atoms with van der Waals surface area (Å²) in [5.41, 5.74) is 5.91. The normalized spacial score (nSPS) is 16.9. The standard InChI is InChI=1S/C15H22N4OS/c1-3-8-11(2)17-14(20)12-13(16)18-15(21-12)19-9-6-4-5-7-10-19/h1,11H,4-10,16H2,2H3,(H,17,20). The molecule has 1 saturated heterocycles. The SMILES string of the molecule is C#CCC(C)NC(=O)c1sc(N2CCCCCC2)nc1N. The number of hydrogen-bond acceptors (Lipinski definition) is 5. The molecular weight excluding hydrogens is 284 g/mol. The second-order valence-corrected chi connectivity index (χ2v) is 6.37. The minimum atomic E-state index is -0.186. The fourth-order valence-electron chi connectivity index (χ4n) is 2.40. The van der Waals surface area contributed by atoms with Crippen molar-refractivity contribution in [1.29, 1.82) is 0 Å². The first kappa shape index (κ1) is 15.6. The maximum Gasteiger partial charge on any atom is 0.265 e. The van der Waals surface area contributed by atoms with Crippen molar-refractivity contribution in [3.63, 3.8) is 0 Å². The van der Waals surface area contributed by atoms with E-state index in [1.54, 1.807) is 0 Å². The molecular formula is C15H22N4OS. The van der Waals surface area contributed by atoms with Gasteiger partial charge in [-0.3, -0.25) is 4.79 Å². The highest BCUT2D eigenvalue weighted by Crippen LogP contribution is 2.29. The van der Waals surface area contributed by atoms with Gasteiger partial charge in [0.1, 0.15) is 10.7 Å². The van der Waals surface area contributed by atoms with Gasteiger partial charge >= 0.3 is 0 Å². The first-order chi connectivity index (χ1) is 10.1. The molecule has 6 heteroatoms. The van der Waals surface area contributed by atoms with Gasteiger partial charge in [-0.15, -0.1) is 12.3 Å². The highest BCUT2D eigenvalue weighted by atomic mass is 32.1. The summed E-state index contributed by atoms with van der Waals surface area (Å²) in [5.74, 6) is 2.66. The van der Waals surface area contributed by atoms with Crippen LogP contribution in [0.1, 0.15) is 48.7 Å². The second kappa shape index (κ2) is 7.32. The lowest BCUT2D eigenvalue weighted by Gasteiger charge is -2.18. The van der Waals surface area contributed by atoms with E-state index in [2.05, 4.69) is 21.1 Å². The smallest absolute Gasteiger partial charge is 0.265 e. The molecule has 0 bridgehead atoms. The molecule has 0 aliphatic carbocycles. The summed E-state index contributed by atoms with van der Waals surface area (Å²) in [6, 6.07) is -0.0642. The van der Waals surface area contributed by atoms with Crippen molar-refractivity contribution in [3.05, 3.63) is 4.88 Å². The van der Waals surface area contributed by atoms with Gasteiger partial charge in [-0.25, -0.2) is 4.98 Å². The van der Waals surface area contributed by atoms with Gasteiger partial charge in [-0.2, -0.15) is 0 Å². The number of carbonyl (C=O) groups is 1. The highest BCUT2D eigenvalue weighted by molar-refractivity contribution is 7.18. The first-order valence-corrected chi connectivity index (χ1v) is 8.19. The number of terminal acetylenes is 1. The molecule has 0 spiro atoms. The van der Waals surface area contributed by atoms with E-state index in [-0.39, 0.29) is 11.9 Å². The van der Waals surface area contributed by atoms with E-state index in [0.717, 1.165) is 18.2 Å². The molecule has 1 unspecified atom stereocenters. The number of carbonyl (C=O) groups excluding carboxylic acids is 1. The first-order valence-electron chi connectivity index (χ1n) is 7.37. The molecule has 1 fully saturated rings. The Morgan fingerprint density at radius 1 is 1.48 bits per heavy atom. The summed E-state index contributed by atoms with van der Waals surface area (Å²) in [6.07, 6.45) is 10.6. The third kappa shape index (κ3) is 4.11. The summed E-state index contributed by atoms with van der Waals surface area (Å²) >= 11 is 1.37. The van der Waals surface area contributed by atoms with Crippen LogP contribution in [0.2, 0.25) is 0 Å². The van der Waals surface area contributed by atoms with Crippen molar-refractivity contribution >= 4 is 28.2 Å². The van der Waals surface area contributed by atoms with Gasteiger partial charge in [0.15, 0.2) is 5.13 Å². The number of nitrogens with two attached hydrogens (primary N) is 1. The fraction of sp³-hybridized carbons (Fsp3) is 0.600. The molecule has 114 valence electrons. The van der Waals surface area contributed by atoms with Crippen molar-refractivity contribution in [1.82, 2.24) is 10.3 Å². The Balaban J connectivity index is 2.07. The zero-order chi connectivity index (χ0) is 15.2. The maximum atomic E-state index is 12.2. The molecule has 1 aliphatic heterocycles. The largest absolute Gasteiger partial charge is 0.382 e. The lowest BCUT2D eigenvalue weighted by Crippen LogP contribution is -2.32. The summed E-state index contributed by atoms with van der Waals surface area (Å²) in [4.78, 5) is 19.3. The van der Waals surface area contributed by atoms with Crippen molar-refractivity contribution in [3.8, 4) is 12.3 Å². The molecule has 1 atom stereocenters. The summed E-state index contributed by atoms with van der Waals surface area (Å²) in [7, 11) is 0. The van der Waals surface area contributed by atoms with E-state index in [0.29, 0.717) is 17.1 Å². The van der Waals surface area contributed by atoms with Crippen LogP contribution in [0.15, 0.2) is 0 Å². The van der Waals surface area contributed by atoms with Gasteiger partial charge in [0.25, 0.3) is 5.91 Å². The van der Waals surface area contributed by atoms with E-state index in [4.69, 9.17) is 12.2 Å². The van der Waals surface area contributed by atoms with Crippen LogP contribution in [0.4, 0.5) is 10.9 Å². The number of rotatable bonds is 4. The van der Waals surface area contributed by atoms with Crippen LogP contribution < -0.4 is 16.0 Å². The summed E-state index contributed by atoms with van der Waals surface area (Å²) < 4.78 is 0. The lowest BCUT2D eigenvalue weighted by atomic mass is 10.2. The second-order valence-electron chi connectivity index (χ2n) is 5.39. The van der Waals surface area contributed by atoms with Crippen molar-refractivity contribution in [2.24, 2.45) is 0 Å². The van der Waals surface area contributed by atoms with Crippen LogP contribution in [0, 0.1) is 12.3 Å². The molecule has 1 aromatic rings. The quantitative estimate of drug-likeness (QED) is 0.837. The van der Waals surface area contributed by atoms with Crippen molar-refractivity contribution in [2.75, 3.05) is 23.7 Å². The van der Waals surface area contributed by atoms with Gasteiger partial charge < -0.3 is 16.0 Å². The number of hydrogen-bond donors (Lipinski definition) is 2. The molecule has 0 radical (unpaired) electrons. The minimum absolute atomic E-state index is 0.0642. The van der Waals surface area contributed by atoms with Crippen LogP contribution in [0.3, 0.4) is 0 Å². The average molecular weight is 306 g/mol. The zero-order valence-electron chi connectivity index (χ0n) is 12.4. The maximum absolute atomic E-state index is 12.2. The van der Waals surface area contributed by atoms with Crippen LogP contribution in [-0.4, -0.2) is 30.0 Å². The third-order valence-electron chi connectivity index (χ3n) is 3.53. The van der Waals surface area contributed by atoms with Gasteiger partial charge in [0, 0.05) is 25.6 Å². The molecule has 1 aromatic heterocycles. The molecule has 0 saturated carbocycles. The molecule has 3 N–H and O–H groups in total. The number of nitrogens with one attached hydrogen (secondary N) is 1. The van der Waals surface area contributed by atoms with Crippen LogP contribution in [0.5, 0.6) is 0 Å². The number of aromatic nitrogens is 1. The van der Waals surface area contributed by atoms with Crippen LogP contribution >= 0.6 is 11.3 Å². The van der Waals surface area contributed by atoms with E-state index < -0.39 is 0 Å². The van der Waals surface area contributed by atoms with E-state index >= 15 is 0 Å².